The van der Waals surface area contributed by atoms with Crippen LogP contribution in [-0.2, 0) is 13.1 Å². The molecule has 0 aliphatic heterocycles. The van der Waals surface area contributed by atoms with Crippen LogP contribution in [-0.4, -0.2) is 24.3 Å². The summed E-state index contributed by atoms with van der Waals surface area (Å²) >= 11 is 0. The Morgan fingerprint density at radius 2 is 1.62 bits per heavy atom. The number of hydrogen-bond donors (Lipinski definition) is 0. The lowest BCUT2D eigenvalue weighted by atomic mass is 10.0. The Bertz CT molecular complexity index is 1130. The predicted molar refractivity (Wildman–Crippen MR) is 102 cm³/mol. The molecule has 6 nitrogen and oxygen atoms in total. The molecule has 0 unspecified atom stereocenters. The van der Waals surface area contributed by atoms with Crippen molar-refractivity contribution in [2.45, 2.75) is 26.9 Å². The second-order valence-corrected chi connectivity index (χ2v) is 5.94. The number of nitrogens with zero attached hydrogens (tertiary/aromatic N) is 5. The molecule has 0 saturated carbocycles. The Morgan fingerprint density at radius 1 is 0.846 bits per heavy atom. The van der Waals surface area contributed by atoms with Gasteiger partial charge in [0.1, 0.15) is 0 Å². The number of fused-ring (bicyclic) bond motifs is 1. The van der Waals surface area contributed by atoms with E-state index in [9.17, 15) is 4.79 Å². The molecule has 1 aromatic carbocycles. The fraction of sp³-hybridized carbons (Fsp3) is 0.200. The minimum atomic E-state index is -0.0257. The number of hydrogen-bond acceptors (Lipinski definition) is 4. The summed E-state index contributed by atoms with van der Waals surface area (Å²) in [6, 6.07) is 11.5. The lowest BCUT2D eigenvalue weighted by Gasteiger charge is -2.12. The summed E-state index contributed by atoms with van der Waals surface area (Å²) in [5.41, 5.74) is 4.71. The van der Waals surface area contributed by atoms with Gasteiger partial charge in [0, 0.05) is 37.2 Å². The van der Waals surface area contributed by atoms with E-state index in [0.717, 1.165) is 22.3 Å². The van der Waals surface area contributed by atoms with Crippen molar-refractivity contribution < 1.29 is 0 Å². The molecule has 3 heterocycles. The van der Waals surface area contributed by atoms with Crippen molar-refractivity contribution in [3.8, 4) is 22.5 Å². The zero-order valence-electron chi connectivity index (χ0n) is 14.8. The van der Waals surface area contributed by atoms with Gasteiger partial charge in [-0.2, -0.15) is 0 Å². The van der Waals surface area contributed by atoms with Crippen molar-refractivity contribution in [2.24, 2.45) is 0 Å². The van der Waals surface area contributed by atoms with E-state index in [1.54, 1.807) is 23.3 Å². The average Bonchev–Trinajstić information content (AvgIpc) is 2.99. The molecule has 0 spiro atoms. The third-order valence-corrected chi connectivity index (χ3v) is 4.50. The van der Waals surface area contributed by atoms with Gasteiger partial charge >= 0.3 is 0 Å². The predicted octanol–water partition coefficient (Wildman–Crippen LogP) is 3.36. The van der Waals surface area contributed by atoms with Crippen LogP contribution in [0, 0.1) is 0 Å². The number of benzene rings is 1. The maximum absolute atomic E-state index is 13.1. The van der Waals surface area contributed by atoms with Crippen LogP contribution in [0.5, 0.6) is 0 Å². The van der Waals surface area contributed by atoms with Gasteiger partial charge in [-0.05, 0) is 38.1 Å². The summed E-state index contributed by atoms with van der Waals surface area (Å²) < 4.78 is 3.78. The first-order chi connectivity index (χ1) is 12.7. The molecule has 0 amide bonds. The van der Waals surface area contributed by atoms with Gasteiger partial charge in [0.25, 0.3) is 5.56 Å². The molecule has 0 saturated heterocycles. The quantitative estimate of drug-likeness (QED) is 0.569. The molecular weight excluding hydrogens is 326 g/mol. The highest BCUT2D eigenvalue weighted by Gasteiger charge is 2.22. The first-order valence-electron chi connectivity index (χ1n) is 8.70. The molecule has 3 aromatic heterocycles. The van der Waals surface area contributed by atoms with E-state index >= 15 is 0 Å². The van der Waals surface area contributed by atoms with Gasteiger partial charge in [0.2, 0.25) is 0 Å². The van der Waals surface area contributed by atoms with E-state index in [1.807, 2.05) is 54.9 Å². The fourth-order valence-corrected chi connectivity index (χ4v) is 3.38. The number of pyridine rings is 1. The second kappa shape index (κ2) is 6.55. The van der Waals surface area contributed by atoms with Gasteiger partial charge in [-0.25, -0.2) is 4.68 Å². The van der Waals surface area contributed by atoms with Crippen molar-refractivity contribution >= 4 is 11.0 Å². The minimum absolute atomic E-state index is 0.0257. The van der Waals surface area contributed by atoms with Gasteiger partial charge in [0.15, 0.2) is 0 Å². The Kier molecular flexibility index (Phi) is 4.08. The van der Waals surface area contributed by atoms with Crippen LogP contribution >= 0.6 is 0 Å². The Morgan fingerprint density at radius 3 is 2.31 bits per heavy atom. The van der Waals surface area contributed by atoms with Crippen LogP contribution in [0.25, 0.3) is 33.5 Å². The van der Waals surface area contributed by atoms with Crippen molar-refractivity contribution in [1.82, 2.24) is 24.3 Å². The highest BCUT2D eigenvalue weighted by molar-refractivity contribution is 5.85. The normalized spacial score (nSPS) is 11.2. The maximum atomic E-state index is 13.1. The molecule has 0 fully saturated rings. The van der Waals surface area contributed by atoms with E-state index in [2.05, 4.69) is 15.0 Å². The van der Waals surface area contributed by atoms with Gasteiger partial charge < -0.3 is 0 Å². The van der Waals surface area contributed by atoms with Crippen LogP contribution in [0.4, 0.5) is 0 Å². The summed E-state index contributed by atoms with van der Waals surface area (Å²) in [4.78, 5) is 26.3. The highest BCUT2D eigenvalue weighted by atomic mass is 16.1. The van der Waals surface area contributed by atoms with Crippen LogP contribution < -0.4 is 5.56 Å². The van der Waals surface area contributed by atoms with Crippen molar-refractivity contribution in [2.75, 3.05) is 0 Å². The first-order valence-corrected chi connectivity index (χ1v) is 8.70. The molecule has 130 valence electrons. The number of aromatic nitrogens is 5. The second-order valence-electron chi connectivity index (χ2n) is 5.94. The van der Waals surface area contributed by atoms with Crippen molar-refractivity contribution in [1.29, 1.82) is 0 Å². The van der Waals surface area contributed by atoms with Gasteiger partial charge in [-0.15, -0.1) is 0 Å². The van der Waals surface area contributed by atoms with E-state index in [4.69, 9.17) is 0 Å². The molecule has 0 N–H and O–H groups in total. The molecule has 0 bridgehead atoms. The summed E-state index contributed by atoms with van der Waals surface area (Å²) in [6.07, 6.45) is 5.07. The van der Waals surface area contributed by atoms with E-state index in [0.29, 0.717) is 24.3 Å². The zero-order valence-corrected chi connectivity index (χ0v) is 14.8. The topological polar surface area (TPSA) is 65.6 Å². The monoisotopic (exact) mass is 345 g/mol. The molecular formula is C20H19N5O. The molecule has 6 heteroatoms. The van der Waals surface area contributed by atoms with E-state index in [1.165, 1.54) is 0 Å². The fourth-order valence-electron chi connectivity index (χ4n) is 3.38. The molecule has 26 heavy (non-hydrogen) atoms. The van der Waals surface area contributed by atoms with Crippen LogP contribution in [0.2, 0.25) is 0 Å². The molecule has 0 atom stereocenters. The van der Waals surface area contributed by atoms with Crippen molar-refractivity contribution in [3.63, 3.8) is 0 Å². The highest BCUT2D eigenvalue weighted by Crippen LogP contribution is 2.30. The largest absolute Gasteiger partial charge is 0.282 e. The molecule has 0 aliphatic carbocycles. The smallest absolute Gasteiger partial charge is 0.276 e. The van der Waals surface area contributed by atoms with E-state index < -0.39 is 0 Å². The Balaban J connectivity index is 2.06. The zero-order chi connectivity index (χ0) is 18.1. The molecule has 0 radical (unpaired) electrons. The average molecular weight is 345 g/mol. The summed E-state index contributed by atoms with van der Waals surface area (Å²) in [6.45, 7) is 5.30. The van der Waals surface area contributed by atoms with Crippen LogP contribution in [0.15, 0.2) is 59.8 Å². The minimum Gasteiger partial charge on any atom is -0.282 e. The summed E-state index contributed by atoms with van der Waals surface area (Å²) in [7, 11) is 0. The Hall–Kier alpha value is -3.28. The van der Waals surface area contributed by atoms with Crippen LogP contribution in [0.1, 0.15) is 13.8 Å². The maximum Gasteiger partial charge on any atom is 0.276 e. The molecule has 4 rings (SSSR count). The van der Waals surface area contributed by atoms with E-state index in [-0.39, 0.29) is 5.56 Å². The van der Waals surface area contributed by atoms with Crippen LogP contribution in [0.3, 0.4) is 0 Å². The Labute approximate surface area is 150 Å². The van der Waals surface area contributed by atoms with Gasteiger partial charge in [-0.3, -0.25) is 24.4 Å². The number of rotatable bonds is 4. The third kappa shape index (κ3) is 2.50. The van der Waals surface area contributed by atoms with Gasteiger partial charge in [0.05, 0.1) is 28.0 Å². The van der Waals surface area contributed by atoms with Gasteiger partial charge in [-0.1, -0.05) is 12.1 Å². The lowest BCUT2D eigenvalue weighted by molar-refractivity contribution is 0.481. The summed E-state index contributed by atoms with van der Waals surface area (Å²) in [5, 5.41) is 0. The first kappa shape index (κ1) is 16.2. The third-order valence-electron chi connectivity index (χ3n) is 4.50. The standard InChI is InChI=1S/C20H19N5O/c1-3-24-19(14-8-9-15-17(13-14)23-12-11-22-15)18(20(26)25(24)4-2)16-7-5-6-10-21-16/h5-13H,3-4H2,1-2H3. The molecule has 0 aliphatic rings. The molecule has 4 aromatic rings. The summed E-state index contributed by atoms with van der Waals surface area (Å²) in [5.74, 6) is 0. The van der Waals surface area contributed by atoms with Crippen molar-refractivity contribution in [3.05, 3.63) is 65.3 Å². The lowest BCUT2D eigenvalue weighted by Crippen LogP contribution is -2.22. The SMILES string of the molecule is CCn1c(-c2ccc3nccnc3c2)c(-c2ccccn2)c(=O)n1CC.